The van der Waals surface area contributed by atoms with E-state index in [9.17, 15) is 4.39 Å². The van der Waals surface area contributed by atoms with Crippen LogP contribution in [-0.2, 0) is 12.8 Å². The van der Waals surface area contributed by atoms with Gasteiger partial charge < -0.3 is 25.4 Å². The van der Waals surface area contributed by atoms with Gasteiger partial charge in [-0.1, -0.05) is 0 Å². The third kappa shape index (κ3) is 3.55. The van der Waals surface area contributed by atoms with E-state index < -0.39 is 12.0 Å². The molecule has 42 heavy (non-hydrogen) atoms. The molecular formula is C31H35F2N7O2. The first kappa shape index (κ1) is 25.2. The van der Waals surface area contributed by atoms with E-state index in [1.54, 1.807) is 6.07 Å². The van der Waals surface area contributed by atoms with E-state index in [1.807, 2.05) is 6.07 Å². The molecule has 0 amide bonds. The maximum atomic E-state index is 16.8. The third-order valence-corrected chi connectivity index (χ3v) is 10.7. The average molecular weight is 576 g/mol. The first-order valence-electron chi connectivity index (χ1n) is 15.4. The third-order valence-electron chi connectivity index (χ3n) is 10.7. The lowest BCUT2D eigenvalue weighted by Gasteiger charge is -2.42. The van der Waals surface area contributed by atoms with Gasteiger partial charge in [0, 0.05) is 42.8 Å². The van der Waals surface area contributed by atoms with Crippen LogP contribution >= 0.6 is 0 Å². The van der Waals surface area contributed by atoms with Crippen molar-refractivity contribution in [3.05, 3.63) is 29.1 Å². The van der Waals surface area contributed by atoms with Crippen LogP contribution in [0.5, 0.6) is 11.9 Å². The molecule has 0 spiro atoms. The lowest BCUT2D eigenvalue weighted by Crippen LogP contribution is -2.62. The van der Waals surface area contributed by atoms with Crippen molar-refractivity contribution in [3.63, 3.8) is 0 Å². The van der Waals surface area contributed by atoms with Crippen molar-refractivity contribution in [2.24, 2.45) is 0 Å². The minimum atomic E-state index is -0.864. The molecule has 2 aromatic heterocycles. The second kappa shape index (κ2) is 8.86. The van der Waals surface area contributed by atoms with Crippen molar-refractivity contribution in [3.8, 4) is 23.1 Å². The molecule has 6 atom stereocenters. The fraction of sp³-hybridized carbons (Fsp3) is 0.581. The Morgan fingerprint density at radius 2 is 2.10 bits per heavy atom. The van der Waals surface area contributed by atoms with Crippen LogP contribution in [0, 0.1) is 5.82 Å². The average Bonchev–Trinajstić information content (AvgIpc) is 3.58. The van der Waals surface area contributed by atoms with Crippen LogP contribution in [0.4, 0.5) is 20.3 Å². The fourth-order valence-corrected chi connectivity index (χ4v) is 8.75. The van der Waals surface area contributed by atoms with Gasteiger partial charge in [-0.25, -0.2) is 13.8 Å². The Balaban J connectivity index is 1.22. The molecule has 4 fully saturated rings. The Morgan fingerprint density at radius 1 is 1.19 bits per heavy atom. The van der Waals surface area contributed by atoms with Gasteiger partial charge in [-0.15, -0.1) is 0 Å². The van der Waals surface area contributed by atoms with E-state index in [0.29, 0.717) is 47.3 Å². The summed E-state index contributed by atoms with van der Waals surface area (Å²) in [7, 11) is 0. The Bertz CT molecular complexity index is 1640. The number of benzene rings is 1. The van der Waals surface area contributed by atoms with Gasteiger partial charge in [0.25, 0.3) is 0 Å². The minimum absolute atomic E-state index is 0.00475. The molecule has 5 aliphatic heterocycles. The maximum absolute atomic E-state index is 16.8. The highest BCUT2D eigenvalue weighted by molar-refractivity contribution is 5.97. The number of nitrogens with one attached hydrogen (secondary N) is 1. The molecule has 2 bridgehead atoms. The molecule has 6 aliphatic rings. The van der Waals surface area contributed by atoms with Gasteiger partial charge in [0.05, 0.1) is 11.6 Å². The fourth-order valence-electron chi connectivity index (χ4n) is 8.75. The lowest BCUT2D eigenvalue weighted by molar-refractivity contribution is 0.107. The summed E-state index contributed by atoms with van der Waals surface area (Å²) in [6.07, 6.45) is 5.11. The molecule has 1 aromatic carbocycles. The van der Waals surface area contributed by atoms with Gasteiger partial charge >= 0.3 is 6.01 Å². The zero-order chi connectivity index (χ0) is 28.3. The predicted molar refractivity (Wildman–Crippen MR) is 154 cm³/mol. The Morgan fingerprint density at radius 3 is 2.95 bits per heavy atom. The SMILES string of the molecule is C[C@@H]1Oc2nc(-c3cc(N)cc4c3CC4)c(F)c3nc(OC[C@@]45CCCN4C[C@H](F)C5)nc(c23)N2C[C@H]3CC[C@H](N3)[C@@H]12. The van der Waals surface area contributed by atoms with Crippen molar-refractivity contribution in [2.45, 2.75) is 87.8 Å². The summed E-state index contributed by atoms with van der Waals surface area (Å²) in [6.45, 7) is 4.36. The normalized spacial score (nSPS) is 32.6. The molecule has 0 radical (unpaired) electrons. The van der Waals surface area contributed by atoms with Crippen LogP contribution in [0.3, 0.4) is 0 Å². The van der Waals surface area contributed by atoms with Gasteiger partial charge in [0.1, 0.15) is 41.3 Å². The summed E-state index contributed by atoms with van der Waals surface area (Å²) in [4.78, 5) is 18.9. The first-order valence-corrected chi connectivity index (χ1v) is 15.4. The van der Waals surface area contributed by atoms with Crippen molar-refractivity contribution in [1.82, 2.24) is 25.2 Å². The molecule has 220 valence electrons. The number of rotatable bonds is 4. The van der Waals surface area contributed by atoms with Gasteiger partial charge in [-0.2, -0.15) is 9.97 Å². The number of ether oxygens (including phenoxy) is 2. The quantitative estimate of drug-likeness (QED) is 0.452. The van der Waals surface area contributed by atoms with Crippen LogP contribution in [0.25, 0.3) is 22.2 Å². The Labute approximate surface area is 242 Å². The summed E-state index contributed by atoms with van der Waals surface area (Å²) in [5.74, 6) is 0.416. The van der Waals surface area contributed by atoms with Crippen molar-refractivity contribution >= 4 is 22.4 Å². The largest absolute Gasteiger partial charge is 0.472 e. The van der Waals surface area contributed by atoms with E-state index in [0.717, 1.165) is 62.7 Å². The van der Waals surface area contributed by atoms with Crippen LogP contribution in [0.2, 0.25) is 0 Å². The standard InChI is InChI=1S/C31H35F2N7O2/c1-15-27-22-6-4-19(35-22)13-40(27)28-23-26(37-30(38-28)41-14-31-7-2-8-39(31)12-17(32)11-31)24(33)25(36-29(23)42-15)21-10-18(34)9-16-3-5-20(16)21/h9-10,15,17,19,22,27,35H,2-8,11-14,34H2,1H3/t15-,17+,19+,22-,27+,31-/m0/s1. The van der Waals surface area contributed by atoms with Gasteiger partial charge in [-0.05, 0) is 75.3 Å². The number of pyridine rings is 1. The number of piperazine rings is 1. The summed E-state index contributed by atoms with van der Waals surface area (Å²) in [5, 5.41) is 4.22. The Hall–Kier alpha value is -3.31. The minimum Gasteiger partial charge on any atom is -0.472 e. The number of fused-ring (bicyclic) bond motifs is 7. The molecule has 11 heteroatoms. The van der Waals surface area contributed by atoms with E-state index in [-0.39, 0.29) is 47.6 Å². The van der Waals surface area contributed by atoms with Crippen LogP contribution in [0.15, 0.2) is 12.1 Å². The second-order valence-corrected chi connectivity index (χ2v) is 13.2. The van der Waals surface area contributed by atoms with Crippen LogP contribution in [0.1, 0.15) is 50.2 Å². The number of nitrogen functional groups attached to an aromatic ring is 1. The number of hydrogen-bond acceptors (Lipinski definition) is 9. The maximum Gasteiger partial charge on any atom is 0.319 e. The molecule has 1 aliphatic carbocycles. The molecule has 4 saturated heterocycles. The van der Waals surface area contributed by atoms with E-state index in [2.05, 4.69) is 22.0 Å². The number of aryl methyl sites for hydroxylation is 1. The molecule has 3 N–H and O–H groups in total. The van der Waals surface area contributed by atoms with E-state index in [4.69, 9.17) is 30.2 Å². The zero-order valence-electron chi connectivity index (χ0n) is 23.7. The molecular weight excluding hydrogens is 540 g/mol. The van der Waals surface area contributed by atoms with Gasteiger partial charge in [0.2, 0.25) is 5.88 Å². The van der Waals surface area contributed by atoms with Crippen LogP contribution < -0.4 is 25.4 Å². The number of alkyl halides is 1. The van der Waals surface area contributed by atoms with Crippen molar-refractivity contribution < 1.29 is 18.3 Å². The highest BCUT2D eigenvalue weighted by Gasteiger charge is 2.50. The Kier molecular flexibility index (Phi) is 5.32. The van der Waals surface area contributed by atoms with Crippen molar-refractivity contribution in [1.29, 1.82) is 0 Å². The monoisotopic (exact) mass is 575 g/mol. The number of hydrogen-bond donors (Lipinski definition) is 2. The van der Waals surface area contributed by atoms with Gasteiger partial charge in [-0.3, -0.25) is 4.90 Å². The zero-order valence-corrected chi connectivity index (χ0v) is 23.7. The second-order valence-electron chi connectivity index (χ2n) is 13.2. The first-order chi connectivity index (χ1) is 20.4. The van der Waals surface area contributed by atoms with Crippen LogP contribution in [-0.4, -0.2) is 82.0 Å². The summed E-state index contributed by atoms with van der Waals surface area (Å²) in [6, 6.07) is 4.42. The molecule has 0 unspecified atom stereocenters. The number of anilines is 2. The van der Waals surface area contributed by atoms with E-state index >= 15 is 4.39 Å². The van der Waals surface area contributed by atoms with Crippen molar-refractivity contribution in [2.75, 3.05) is 36.9 Å². The molecule has 9 nitrogen and oxygen atoms in total. The van der Waals surface area contributed by atoms with Gasteiger partial charge in [0.15, 0.2) is 5.82 Å². The highest BCUT2D eigenvalue weighted by Crippen LogP contribution is 2.46. The van der Waals surface area contributed by atoms with E-state index in [1.165, 1.54) is 0 Å². The molecule has 0 saturated carbocycles. The lowest BCUT2D eigenvalue weighted by atomic mass is 9.83. The number of nitrogens with two attached hydrogens (primary N) is 1. The number of halogens is 2. The molecule has 9 rings (SSSR count). The summed E-state index contributed by atoms with van der Waals surface area (Å²) < 4.78 is 44.1. The topological polar surface area (TPSA) is 102 Å². The smallest absolute Gasteiger partial charge is 0.319 e. The number of aromatic nitrogens is 3. The predicted octanol–water partition coefficient (Wildman–Crippen LogP) is 3.56. The number of nitrogens with zero attached hydrogens (tertiary/aromatic N) is 5. The molecule has 7 heterocycles. The molecule has 3 aromatic rings. The highest BCUT2D eigenvalue weighted by atomic mass is 19.1. The summed E-state index contributed by atoms with van der Waals surface area (Å²) >= 11 is 0. The summed E-state index contributed by atoms with van der Waals surface area (Å²) in [5.41, 5.74) is 9.67.